The fraction of sp³-hybridized carbons (Fsp3) is 0.238. The van der Waals surface area contributed by atoms with Gasteiger partial charge in [0.15, 0.2) is 11.6 Å². The van der Waals surface area contributed by atoms with E-state index in [9.17, 15) is 4.79 Å². The molecule has 0 saturated carbocycles. The summed E-state index contributed by atoms with van der Waals surface area (Å²) in [5, 5.41) is 17.7. The highest BCUT2D eigenvalue weighted by Gasteiger charge is 2.18. The number of methoxy groups -OCH3 is 1. The van der Waals surface area contributed by atoms with Crippen LogP contribution < -0.4 is 20.7 Å². The molecule has 3 N–H and O–H groups in total. The summed E-state index contributed by atoms with van der Waals surface area (Å²) >= 11 is 0. The molecule has 0 aliphatic rings. The lowest BCUT2D eigenvalue weighted by atomic mass is 10.2. The zero-order valence-electron chi connectivity index (χ0n) is 20.3. The van der Waals surface area contributed by atoms with E-state index in [2.05, 4.69) is 25.8 Å². The van der Waals surface area contributed by atoms with Crippen LogP contribution in [0.15, 0.2) is 42.7 Å². The standard InChI is InChI=1S/C21H24N8O2/c1-5-29-18-13(12-23-29)6-8-15(19(18)31-4)24-20-14(21(30)22-2)7-9-16(26-20)25-17-10-11-28(3)27-17/h6-12H,5H2,1-4H3,(H,22,30)(H2,24,25,26,27)/i2D3. The predicted octanol–water partition coefficient (Wildman–Crippen LogP) is 3.04. The number of nitrogens with zero attached hydrogens (tertiary/aromatic N) is 5. The Hall–Kier alpha value is -4.08. The minimum absolute atomic E-state index is 0.0499. The van der Waals surface area contributed by atoms with Gasteiger partial charge in [0.05, 0.1) is 24.6 Å². The third-order valence-electron chi connectivity index (χ3n) is 4.74. The summed E-state index contributed by atoms with van der Waals surface area (Å²) in [5.74, 6) is 0.835. The van der Waals surface area contributed by atoms with Crippen molar-refractivity contribution in [2.24, 2.45) is 7.05 Å². The Morgan fingerprint density at radius 1 is 1.19 bits per heavy atom. The Morgan fingerprint density at radius 2 is 2.06 bits per heavy atom. The highest BCUT2D eigenvalue weighted by molar-refractivity contribution is 6.00. The molecule has 31 heavy (non-hydrogen) atoms. The van der Waals surface area contributed by atoms with Gasteiger partial charge in [-0.25, -0.2) is 4.98 Å². The van der Waals surface area contributed by atoms with Gasteiger partial charge in [0.25, 0.3) is 5.91 Å². The first-order chi connectivity index (χ1) is 16.2. The summed E-state index contributed by atoms with van der Waals surface area (Å²) in [4.78, 5) is 17.3. The molecule has 1 aromatic carbocycles. The van der Waals surface area contributed by atoms with E-state index in [0.717, 1.165) is 10.9 Å². The van der Waals surface area contributed by atoms with E-state index in [1.165, 1.54) is 6.07 Å². The van der Waals surface area contributed by atoms with Gasteiger partial charge in [-0.15, -0.1) is 0 Å². The Labute approximate surface area is 183 Å². The van der Waals surface area contributed by atoms with Crippen molar-refractivity contribution in [3.8, 4) is 5.75 Å². The summed E-state index contributed by atoms with van der Waals surface area (Å²) in [7, 11) is 3.33. The molecule has 0 aliphatic heterocycles. The summed E-state index contributed by atoms with van der Waals surface area (Å²) in [6.07, 6.45) is 3.52. The summed E-state index contributed by atoms with van der Waals surface area (Å²) < 4.78 is 31.3. The van der Waals surface area contributed by atoms with E-state index in [1.807, 2.05) is 18.3 Å². The van der Waals surface area contributed by atoms with Crippen molar-refractivity contribution in [3.05, 3.63) is 48.3 Å². The fourth-order valence-corrected chi connectivity index (χ4v) is 3.31. The molecule has 4 aromatic rings. The van der Waals surface area contributed by atoms with Crippen LogP contribution in [0.4, 0.5) is 23.1 Å². The maximum absolute atomic E-state index is 12.7. The van der Waals surface area contributed by atoms with Crippen LogP contribution in [0, 0.1) is 0 Å². The van der Waals surface area contributed by atoms with E-state index < -0.39 is 12.9 Å². The molecule has 0 unspecified atom stereocenters. The lowest BCUT2D eigenvalue weighted by Crippen LogP contribution is -2.20. The highest BCUT2D eigenvalue weighted by atomic mass is 16.5. The van der Waals surface area contributed by atoms with Crippen molar-refractivity contribution in [3.63, 3.8) is 0 Å². The van der Waals surface area contributed by atoms with E-state index >= 15 is 0 Å². The molecular weight excluding hydrogens is 396 g/mol. The fourth-order valence-electron chi connectivity index (χ4n) is 3.31. The molecule has 0 saturated heterocycles. The number of fused-ring (bicyclic) bond motifs is 1. The second-order valence-electron chi connectivity index (χ2n) is 6.72. The molecule has 10 heteroatoms. The minimum atomic E-state index is -2.65. The van der Waals surface area contributed by atoms with Gasteiger partial charge in [0.2, 0.25) is 0 Å². The van der Waals surface area contributed by atoms with Crippen molar-refractivity contribution in [2.45, 2.75) is 13.5 Å². The molecule has 10 nitrogen and oxygen atoms in total. The van der Waals surface area contributed by atoms with Crippen LogP contribution in [-0.2, 0) is 13.6 Å². The molecule has 0 atom stereocenters. The van der Waals surface area contributed by atoms with Gasteiger partial charge in [0.1, 0.15) is 17.2 Å². The molecule has 0 aliphatic carbocycles. The smallest absolute Gasteiger partial charge is 0.254 e. The van der Waals surface area contributed by atoms with Crippen molar-refractivity contribution >= 4 is 40.0 Å². The number of anilines is 4. The zero-order valence-corrected chi connectivity index (χ0v) is 17.3. The topological polar surface area (TPSA) is 111 Å². The largest absolute Gasteiger partial charge is 0.492 e. The van der Waals surface area contributed by atoms with Gasteiger partial charge in [0, 0.05) is 42.3 Å². The predicted molar refractivity (Wildman–Crippen MR) is 119 cm³/mol. The number of carbonyl (C=O) groups is 1. The molecular formula is C21H24N8O2. The maximum atomic E-state index is 12.7. The van der Waals surface area contributed by atoms with Crippen LogP contribution >= 0.6 is 0 Å². The average molecular weight is 423 g/mol. The highest BCUT2D eigenvalue weighted by Crippen LogP contribution is 2.36. The van der Waals surface area contributed by atoms with Crippen LogP contribution in [0.5, 0.6) is 5.75 Å². The number of ether oxygens (including phenoxy) is 1. The Kier molecular flexibility index (Phi) is 4.49. The molecule has 160 valence electrons. The lowest BCUT2D eigenvalue weighted by molar-refractivity contribution is 0.0963. The van der Waals surface area contributed by atoms with Gasteiger partial charge >= 0.3 is 0 Å². The number of nitrogens with one attached hydrogen (secondary N) is 3. The van der Waals surface area contributed by atoms with Crippen LogP contribution in [0.1, 0.15) is 21.4 Å². The first kappa shape index (κ1) is 16.7. The summed E-state index contributed by atoms with van der Waals surface area (Å²) in [6, 6.07) is 8.49. The Balaban J connectivity index is 1.77. The van der Waals surface area contributed by atoms with Crippen LogP contribution in [-0.4, -0.2) is 44.5 Å². The Morgan fingerprint density at radius 3 is 2.77 bits per heavy atom. The number of benzene rings is 1. The molecule has 0 fully saturated rings. The number of hydrogen-bond acceptors (Lipinski definition) is 7. The van der Waals surface area contributed by atoms with Gasteiger partial charge < -0.3 is 20.7 Å². The van der Waals surface area contributed by atoms with Gasteiger partial charge in [-0.1, -0.05) is 0 Å². The van der Waals surface area contributed by atoms with E-state index in [4.69, 9.17) is 8.85 Å². The minimum Gasteiger partial charge on any atom is -0.492 e. The van der Waals surface area contributed by atoms with Crippen LogP contribution in [0.2, 0.25) is 0 Å². The molecule has 4 rings (SSSR count). The summed E-state index contributed by atoms with van der Waals surface area (Å²) in [6.45, 7) is -0.0434. The number of amides is 1. The number of hydrogen-bond donors (Lipinski definition) is 3. The first-order valence-corrected chi connectivity index (χ1v) is 9.58. The third-order valence-corrected chi connectivity index (χ3v) is 4.74. The van der Waals surface area contributed by atoms with Gasteiger partial charge in [-0.2, -0.15) is 10.2 Å². The second-order valence-corrected chi connectivity index (χ2v) is 6.72. The molecule has 0 bridgehead atoms. The number of aryl methyl sites for hydroxylation is 2. The first-order valence-electron chi connectivity index (χ1n) is 11.1. The number of carbonyl (C=O) groups excluding carboxylic acids is 1. The van der Waals surface area contributed by atoms with E-state index in [0.29, 0.717) is 29.6 Å². The zero-order chi connectivity index (χ0) is 24.5. The second kappa shape index (κ2) is 8.34. The number of aromatic nitrogens is 5. The average Bonchev–Trinajstić information content (AvgIpc) is 3.38. The third kappa shape index (κ3) is 3.87. The quantitative estimate of drug-likeness (QED) is 0.419. The monoisotopic (exact) mass is 423 g/mol. The maximum Gasteiger partial charge on any atom is 0.254 e. The van der Waals surface area contributed by atoms with Crippen molar-refractivity contribution in [2.75, 3.05) is 24.7 Å². The number of pyridine rings is 1. The molecule has 0 radical (unpaired) electrons. The molecule has 3 aromatic heterocycles. The molecule has 0 spiro atoms. The van der Waals surface area contributed by atoms with Gasteiger partial charge in [-0.3, -0.25) is 14.2 Å². The molecule has 3 heterocycles. The lowest BCUT2D eigenvalue weighted by Gasteiger charge is -2.16. The van der Waals surface area contributed by atoms with Gasteiger partial charge in [-0.05, 0) is 31.2 Å². The van der Waals surface area contributed by atoms with Crippen molar-refractivity contribution < 1.29 is 13.6 Å². The normalized spacial score (nSPS) is 12.7. The SMILES string of the molecule is [2H]C([2H])([2H])NC(=O)c1ccc(Nc2ccn(C)n2)nc1Nc1ccc2cnn(CC)c2c1OC. The van der Waals surface area contributed by atoms with Crippen LogP contribution in [0.3, 0.4) is 0 Å². The van der Waals surface area contributed by atoms with Crippen LogP contribution in [0.25, 0.3) is 10.9 Å². The van der Waals surface area contributed by atoms with E-state index in [1.54, 1.807) is 54.1 Å². The van der Waals surface area contributed by atoms with E-state index in [-0.39, 0.29) is 11.4 Å². The molecule has 1 amide bonds. The number of rotatable bonds is 7. The summed E-state index contributed by atoms with van der Waals surface area (Å²) in [5.41, 5.74) is 1.37. The van der Waals surface area contributed by atoms with Crippen molar-refractivity contribution in [1.82, 2.24) is 29.9 Å². The van der Waals surface area contributed by atoms with Crippen molar-refractivity contribution in [1.29, 1.82) is 0 Å². The Bertz CT molecular complexity index is 1350.